The van der Waals surface area contributed by atoms with Crippen LogP contribution in [-0.4, -0.2) is 30.1 Å². The maximum absolute atomic E-state index is 6.52. The van der Waals surface area contributed by atoms with E-state index in [2.05, 4.69) is 39.6 Å². The van der Waals surface area contributed by atoms with E-state index in [0.29, 0.717) is 17.5 Å². The van der Waals surface area contributed by atoms with Crippen LogP contribution in [-0.2, 0) is 0 Å². The largest absolute Gasteiger partial charge is 0.326 e. The molecule has 2 aliphatic carbocycles. The first-order valence-electron chi connectivity index (χ1n) is 9.32. The summed E-state index contributed by atoms with van der Waals surface area (Å²) in [7, 11) is 2.35. The predicted molar refractivity (Wildman–Crippen MR) is 92.4 cm³/mol. The van der Waals surface area contributed by atoms with E-state index in [1.54, 1.807) is 0 Å². The Balaban J connectivity index is 1.99. The van der Waals surface area contributed by atoms with Gasteiger partial charge in [0, 0.05) is 18.1 Å². The molecule has 0 radical (unpaired) electrons. The molecule has 2 heteroatoms. The quantitative estimate of drug-likeness (QED) is 0.831. The monoisotopic (exact) mass is 294 g/mol. The molecular weight excluding hydrogens is 256 g/mol. The van der Waals surface area contributed by atoms with Crippen LogP contribution in [0.4, 0.5) is 0 Å². The number of nitrogens with zero attached hydrogens (tertiary/aromatic N) is 1. The molecule has 3 unspecified atom stereocenters. The normalized spacial score (nSPS) is 38.7. The molecule has 2 fully saturated rings. The highest BCUT2D eigenvalue weighted by Crippen LogP contribution is 2.42. The topological polar surface area (TPSA) is 29.3 Å². The van der Waals surface area contributed by atoms with Gasteiger partial charge in [0.15, 0.2) is 0 Å². The summed E-state index contributed by atoms with van der Waals surface area (Å²) >= 11 is 0. The molecule has 0 heterocycles. The van der Waals surface area contributed by atoms with Gasteiger partial charge in [-0.1, -0.05) is 34.1 Å². The Morgan fingerprint density at radius 1 is 1.05 bits per heavy atom. The van der Waals surface area contributed by atoms with Crippen LogP contribution >= 0.6 is 0 Å². The summed E-state index contributed by atoms with van der Waals surface area (Å²) in [5.74, 6) is 1.78. The molecule has 124 valence electrons. The maximum Gasteiger partial charge on any atom is 0.0249 e. The van der Waals surface area contributed by atoms with E-state index in [0.717, 1.165) is 17.9 Å². The van der Waals surface area contributed by atoms with Gasteiger partial charge in [0.1, 0.15) is 0 Å². The minimum atomic E-state index is 0.387. The number of hydrogen-bond donors (Lipinski definition) is 1. The fraction of sp³-hybridized carbons (Fsp3) is 1.00. The summed E-state index contributed by atoms with van der Waals surface area (Å²) in [6.07, 6.45) is 10.7. The molecule has 2 saturated carbocycles. The molecular formula is C19H38N2. The highest BCUT2D eigenvalue weighted by Gasteiger charge is 2.39. The van der Waals surface area contributed by atoms with Gasteiger partial charge in [-0.25, -0.2) is 0 Å². The van der Waals surface area contributed by atoms with Crippen LogP contribution in [0.5, 0.6) is 0 Å². The van der Waals surface area contributed by atoms with Gasteiger partial charge >= 0.3 is 0 Å². The van der Waals surface area contributed by atoms with Crippen molar-refractivity contribution in [3.63, 3.8) is 0 Å². The fourth-order valence-electron chi connectivity index (χ4n) is 4.56. The molecule has 0 amide bonds. The van der Waals surface area contributed by atoms with Gasteiger partial charge in [-0.2, -0.15) is 0 Å². The van der Waals surface area contributed by atoms with Gasteiger partial charge in [-0.3, -0.25) is 4.90 Å². The van der Waals surface area contributed by atoms with E-state index >= 15 is 0 Å². The van der Waals surface area contributed by atoms with E-state index in [1.807, 2.05) is 0 Å². The van der Waals surface area contributed by atoms with Crippen molar-refractivity contribution in [2.24, 2.45) is 23.0 Å². The van der Waals surface area contributed by atoms with Gasteiger partial charge in [0.2, 0.25) is 0 Å². The molecule has 3 atom stereocenters. The second-order valence-electron chi connectivity index (χ2n) is 8.66. The first-order valence-corrected chi connectivity index (χ1v) is 9.32. The van der Waals surface area contributed by atoms with Gasteiger partial charge in [-0.05, 0) is 69.2 Å². The first-order chi connectivity index (χ1) is 9.85. The summed E-state index contributed by atoms with van der Waals surface area (Å²) in [6, 6.07) is 1.77. The Morgan fingerprint density at radius 3 is 2.24 bits per heavy atom. The summed E-state index contributed by atoms with van der Waals surface area (Å²) in [5, 5.41) is 0. The average Bonchev–Trinajstić information content (AvgIpc) is 2.47. The predicted octanol–water partition coefficient (Wildman–Crippen LogP) is 4.43. The molecule has 0 aromatic rings. The smallest absolute Gasteiger partial charge is 0.0249 e. The van der Waals surface area contributed by atoms with Crippen LogP contribution in [0.25, 0.3) is 0 Å². The van der Waals surface area contributed by atoms with E-state index in [9.17, 15) is 0 Å². The van der Waals surface area contributed by atoms with Gasteiger partial charge in [-0.15, -0.1) is 0 Å². The Labute approximate surface area is 132 Å². The molecule has 0 spiro atoms. The lowest BCUT2D eigenvalue weighted by Crippen LogP contribution is -2.54. The molecule has 2 aliphatic rings. The SMILES string of the molecule is CCC(C)(C)C1CCC(N)C(N(C)C2CCC(C)CC2)C1. The molecule has 2 nitrogen and oxygen atoms in total. The molecule has 2 rings (SSSR count). The maximum atomic E-state index is 6.52. The minimum absolute atomic E-state index is 0.387. The summed E-state index contributed by atoms with van der Waals surface area (Å²) in [5.41, 5.74) is 6.99. The fourth-order valence-corrected chi connectivity index (χ4v) is 4.56. The Morgan fingerprint density at radius 2 is 1.67 bits per heavy atom. The number of nitrogens with two attached hydrogens (primary N) is 1. The van der Waals surface area contributed by atoms with Gasteiger partial charge < -0.3 is 5.73 Å². The van der Waals surface area contributed by atoms with Crippen LogP contribution < -0.4 is 5.73 Å². The minimum Gasteiger partial charge on any atom is -0.326 e. The van der Waals surface area contributed by atoms with E-state index in [4.69, 9.17) is 5.73 Å². The second kappa shape index (κ2) is 7.00. The van der Waals surface area contributed by atoms with Crippen molar-refractivity contribution in [3.8, 4) is 0 Å². The third-order valence-electron chi connectivity index (χ3n) is 6.97. The van der Waals surface area contributed by atoms with Crippen molar-refractivity contribution in [1.82, 2.24) is 4.90 Å². The van der Waals surface area contributed by atoms with Crippen molar-refractivity contribution in [1.29, 1.82) is 0 Å². The van der Waals surface area contributed by atoms with Gasteiger partial charge in [0.25, 0.3) is 0 Å². The van der Waals surface area contributed by atoms with Crippen LogP contribution in [0.1, 0.15) is 79.1 Å². The van der Waals surface area contributed by atoms with Crippen LogP contribution in [0.2, 0.25) is 0 Å². The van der Waals surface area contributed by atoms with E-state index in [1.165, 1.54) is 51.4 Å². The molecule has 0 saturated heterocycles. The van der Waals surface area contributed by atoms with Gasteiger partial charge in [0.05, 0.1) is 0 Å². The summed E-state index contributed by atoms with van der Waals surface area (Å²) in [4.78, 5) is 2.68. The van der Waals surface area contributed by atoms with Crippen molar-refractivity contribution in [2.75, 3.05) is 7.05 Å². The average molecular weight is 295 g/mol. The highest BCUT2D eigenvalue weighted by atomic mass is 15.2. The standard InChI is InChI=1S/C19H38N2/c1-6-19(3,4)15-9-12-17(20)18(13-15)21(5)16-10-7-14(2)8-11-16/h14-18H,6-13,20H2,1-5H3. The third kappa shape index (κ3) is 4.01. The second-order valence-corrected chi connectivity index (χ2v) is 8.66. The van der Waals surface area contributed by atoms with E-state index in [-0.39, 0.29) is 0 Å². The lowest BCUT2D eigenvalue weighted by atomic mass is 9.67. The Bertz CT molecular complexity index is 318. The third-order valence-corrected chi connectivity index (χ3v) is 6.97. The Hall–Kier alpha value is -0.0800. The summed E-state index contributed by atoms with van der Waals surface area (Å²) < 4.78 is 0. The summed E-state index contributed by atoms with van der Waals surface area (Å²) in [6.45, 7) is 9.65. The zero-order chi connectivity index (χ0) is 15.6. The lowest BCUT2D eigenvalue weighted by Gasteiger charge is -2.48. The van der Waals surface area contributed by atoms with Crippen LogP contribution in [0.15, 0.2) is 0 Å². The van der Waals surface area contributed by atoms with Crippen molar-refractivity contribution in [3.05, 3.63) is 0 Å². The number of hydrogen-bond acceptors (Lipinski definition) is 2. The molecule has 0 bridgehead atoms. The zero-order valence-electron chi connectivity index (χ0n) is 15.1. The van der Waals surface area contributed by atoms with Crippen molar-refractivity contribution < 1.29 is 0 Å². The van der Waals surface area contributed by atoms with Crippen molar-refractivity contribution >= 4 is 0 Å². The molecule has 21 heavy (non-hydrogen) atoms. The molecule has 0 aromatic carbocycles. The molecule has 2 N–H and O–H groups in total. The lowest BCUT2D eigenvalue weighted by molar-refractivity contribution is 0.0383. The van der Waals surface area contributed by atoms with Crippen LogP contribution in [0, 0.1) is 17.3 Å². The van der Waals surface area contributed by atoms with Crippen LogP contribution in [0.3, 0.4) is 0 Å². The Kier molecular flexibility index (Phi) is 5.76. The highest BCUT2D eigenvalue weighted by molar-refractivity contribution is 4.95. The zero-order valence-corrected chi connectivity index (χ0v) is 15.1. The van der Waals surface area contributed by atoms with E-state index < -0.39 is 0 Å². The number of likely N-dealkylation sites (N-methyl/N-ethyl adjacent to an activating group) is 1. The number of rotatable bonds is 4. The molecule has 0 aliphatic heterocycles. The molecule has 0 aromatic heterocycles. The first kappa shape index (κ1) is 17.3. The van der Waals surface area contributed by atoms with Crippen molar-refractivity contribution in [2.45, 2.75) is 97.2 Å².